The van der Waals surface area contributed by atoms with Crippen LogP contribution in [0.4, 0.5) is 5.69 Å². The highest BCUT2D eigenvalue weighted by Crippen LogP contribution is 2.30. The second-order valence-electron chi connectivity index (χ2n) is 6.27. The molecule has 0 unspecified atom stereocenters. The molecule has 1 amide bonds. The first-order chi connectivity index (χ1) is 13.5. The number of allylic oxidation sites excluding steroid dienone is 1. The average molecular weight is 369 g/mol. The third-order valence-corrected chi connectivity index (χ3v) is 4.19. The van der Waals surface area contributed by atoms with Gasteiger partial charge in [0.25, 0.3) is 0 Å². The summed E-state index contributed by atoms with van der Waals surface area (Å²) in [7, 11) is 1.77. The molecule has 0 fully saturated rings. The number of carbonyl (C=O) groups is 2. The van der Waals surface area contributed by atoms with E-state index in [0.29, 0.717) is 11.5 Å². The summed E-state index contributed by atoms with van der Waals surface area (Å²) in [6, 6.07) is 13.1. The fourth-order valence-corrected chi connectivity index (χ4v) is 2.80. The van der Waals surface area contributed by atoms with Crippen molar-refractivity contribution in [1.29, 1.82) is 0 Å². The number of imidazole rings is 1. The Kier molecular flexibility index (Phi) is 5.52. The predicted octanol–water partition coefficient (Wildman–Crippen LogP) is 3.92. The van der Waals surface area contributed by atoms with E-state index in [1.54, 1.807) is 30.1 Å². The van der Waals surface area contributed by atoms with E-state index in [2.05, 4.69) is 16.2 Å². The first kappa shape index (κ1) is 18.9. The molecule has 1 N–H and O–H groups in total. The summed E-state index contributed by atoms with van der Waals surface area (Å²) >= 11 is 0. The Balaban J connectivity index is 1.96. The number of anilines is 1. The number of nitrogens with zero attached hydrogens (tertiary/aromatic N) is 2. The van der Waals surface area contributed by atoms with Gasteiger partial charge in [0, 0.05) is 43.2 Å². The van der Waals surface area contributed by atoms with Crippen molar-refractivity contribution in [3.05, 3.63) is 77.9 Å². The smallest absolute Gasteiger partial charge is 0.221 e. The summed E-state index contributed by atoms with van der Waals surface area (Å²) in [5, 5.41) is 2.84. The summed E-state index contributed by atoms with van der Waals surface area (Å²) in [5.41, 5.74) is 4.04. The normalized spacial score (nSPS) is 10.6. The minimum atomic E-state index is -0.182. The maximum atomic E-state index is 12.3. The highest BCUT2D eigenvalue weighted by atomic mass is 16.1. The van der Waals surface area contributed by atoms with E-state index in [1.165, 1.54) is 13.0 Å². The van der Waals surface area contributed by atoms with Gasteiger partial charge in [-0.2, -0.15) is 0 Å². The standard InChI is InChI=1S/C23H19N3O2/c1-4-17-5-9-19(10-6-17)20-15-18(7-11-21(20)25-16(2)27)8-12-22(28)23-24-13-14-26(23)3/h1,5-15H,2-3H3,(H,25,27)/b12-8+. The summed E-state index contributed by atoms with van der Waals surface area (Å²) in [4.78, 5) is 27.9. The van der Waals surface area contributed by atoms with E-state index in [9.17, 15) is 9.59 Å². The zero-order valence-corrected chi connectivity index (χ0v) is 15.6. The van der Waals surface area contributed by atoms with E-state index >= 15 is 0 Å². The number of aromatic nitrogens is 2. The number of hydrogen-bond acceptors (Lipinski definition) is 3. The maximum Gasteiger partial charge on any atom is 0.221 e. The van der Waals surface area contributed by atoms with Crippen LogP contribution in [-0.4, -0.2) is 21.2 Å². The number of terminal acetylenes is 1. The molecule has 0 atom stereocenters. The van der Waals surface area contributed by atoms with Crippen molar-refractivity contribution < 1.29 is 9.59 Å². The van der Waals surface area contributed by atoms with Crippen LogP contribution in [0.5, 0.6) is 0 Å². The van der Waals surface area contributed by atoms with Gasteiger partial charge in [-0.15, -0.1) is 6.42 Å². The number of amides is 1. The summed E-state index contributed by atoms with van der Waals surface area (Å²) in [6.07, 6.45) is 11.9. The van der Waals surface area contributed by atoms with Gasteiger partial charge in [0.1, 0.15) is 0 Å². The Morgan fingerprint density at radius 1 is 1.18 bits per heavy atom. The molecule has 0 aliphatic rings. The highest BCUT2D eigenvalue weighted by Gasteiger charge is 2.09. The van der Waals surface area contributed by atoms with Crippen LogP contribution in [0, 0.1) is 12.3 Å². The van der Waals surface area contributed by atoms with E-state index in [0.717, 1.165) is 22.3 Å². The first-order valence-electron chi connectivity index (χ1n) is 8.66. The van der Waals surface area contributed by atoms with Crippen LogP contribution in [0.1, 0.15) is 28.7 Å². The van der Waals surface area contributed by atoms with Crippen molar-refractivity contribution >= 4 is 23.5 Å². The van der Waals surface area contributed by atoms with Crippen LogP contribution in [0.25, 0.3) is 17.2 Å². The van der Waals surface area contributed by atoms with Crippen molar-refractivity contribution in [3.63, 3.8) is 0 Å². The van der Waals surface area contributed by atoms with Crippen molar-refractivity contribution in [2.45, 2.75) is 6.92 Å². The fourth-order valence-electron chi connectivity index (χ4n) is 2.80. The highest BCUT2D eigenvalue weighted by molar-refractivity contribution is 6.04. The number of carbonyl (C=O) groups excluding carboxylic acids is 2. The van der Waals surface area contributed by atoms with Crippen molar-refractivity contribution in [3.8, 4) is 23.5 Å². The molecule has 0 aliphatic carbocycles. The number of benzene rings is 2. The Morgan fingerprint density at radius 2 is 1.93 bits per heavy atom. The van der Waals surface area contributed by atoms with Crippen LogP contribution >= 0.6 is 0 Å². The minimum Gasteiger partial charge on any atom is -0.331 e. The molecular weight excluding hydrogens is 350 g/mol. The molecule has 0 radical (unpaired) electrons. The van der Waals surface area contributed by atoms with Crippen molar-refractivity contribution in [2.24, 2.45) is 7.05 Å². The maximum absolute atomic E-state index is 12.3. The lowest BCUT2D eigenvalue weighted by Gasteiger charge is -2.12. The third kappa shape index (κ3) is 4.25. The van der Waals surface area contributed by atoms with Gasteiger partial charge in [-0.3, -0.25) is 9.59 Å². The SMILES string of the molecule is C#Cc1ccc(-c2cc(/C=C/C(=O)c3nccn3C)ccc2NC(C)=O)cc1. The zero-order valence-electron chi connectivity index (χ0n) is 15.6. The largest absolute Gasteiger partial charge is 0.331 e. The monoisotopic (exact) mass is 369 g/mol. The number of rotatable bonds is 5. The predicted molar refractivity (Wildman–Crippen MR) is 111 cm³/mol. The molecule has 3 rings (SSSR count). The van der Waals surface area contributed by atoms with Crippen LogP contribution in [0.15, 0.2) is 60.9 Å². The quantitative estimate of drug-likeness (QED) is 0.421. The second-order valence-corrected chi connectivity index (χ2v) is 6.27. The van der Waals surface area contributed by atoms with Gasteiger partial charge in [0.15, 0.2) is 5.82 Å². The van der Waals surface area contributed by atoms with Crippen molar-refractivity contribution in [2.75, 3.05) is 5.32 Å². The summed E-state index contributed by atoms with van der Waals surface area (Å²) < 4.78 is 1.67. The van der Waals surface area contributed by atoms with E-state index in [-0.39, 0.29) is 11.7 Å². The molecule has 1 aromatic heterocycles. The molecule has 0 bridgehead atoms. The number of ketones is 1. The van der Waals surface area contributed by atoms with E-state index in [1.807, 2.05) is 42.5 Å². The minimum absolute atomic E-state index is 0.158. The molecular formula is C23H19N3O2. The molecule has 5 nitrogen and oxygen atoms in total. The van der Waals surface area contributed by atoms with Gasteiger partial charge in [0.05, 0.1) is 0 Å². The number of aryl methyl sites for hydroxylation is 1. The van der Waals surface area contributed by atoms with E-state index < -0.39 is 0 Å². The molecule has 2 aromatic carbocycles. The van der Waals surface area contributed by atoms with Crippen LogP contribution in [0.2, 0.25) is 0 Å². The van der Waals surface area contributed by atoms with Crippen LogP contribution < -0.4 is 5.32 Å². The topological polar surface area (TPSA) is 64.0 Å². The molecule has 28 heavy (non-hydrogen) atoms. The second kappa shape index (κ2) is 8.19. The third-order valence-electron chi connectivity index (χ3n) is 4.19. The number of hydrogen-bond donors (Lipinski definition) is 1. The molecule has 0 aliphatic heterocycles. The van der Waals surface area contributed by atoms with Gasteiger partial charge in [-0.05, 0) is 41.5 Å². The molecule has 3 aromatic rings. The molecule has 0 spiro atoms. The Morgan fingerprint density at radius 3 is 2.54 bits per heavy atom. The summed E-state index contributed by atoms with van der Waals surface area (Å²) in [5.74, 6) is 2.62. The Labute approximate surface area is 163 Å². The first-order valence-corrected chi connectivity index (χ1v) is 8.66. The zero-order chi connectivity index (χ0) is 20.1. The lowest BCUT2D eigenvalue weighted by Crippen LogP contribution is -2.07. The summed E-state index contributed by atoms with van der Waals surface area (Å²) in [6.45, 7) is 1.46. The van der Waals surface area contributed by atoms with Crippen molar-refractivity contribution in [1.82, 2.24) is 9.55 Å². The number of nitrogens with one attached hydrogen (secondary N) is 1. The lowest BCUT2D eigenvalue weighted by molar-refractivity contribution is -0.114. The lowest BCUT2D eigenvalue weighted by atomic mass is 9.99. The van der Waals surface area contributed by atoms with Gasteiger partial charge in [-0.25, -0.2) is 4.98 Å². The Bertz CT molecular complexity index is 1100. The molecule has 1 heterocycles. The Hall–Kier alpha value is -3.91. The molecule has 0 saturated carbocycles. The average Bonchev–Trinajstić information content (AvgIpc) is 3.12. The van der Waals surface area contributed by atoms with Gasteiger partial charge < -0.3 is 9.88 Å². The molecule has 138 valence electrons. The molecule has 5 heteroatoms. The van der Waals surface area contributed by atoms with Crippen LogP contribution in [-0.2, 0) is 11.8 Å². The molecule has 0 saturated heterocycles. The van der Waals surface area contributed by atoms with E-state index in [4.69, 9.17) is 6.42 Å². The van der Waals surface area contributed by atoms with Gasteiger partial charge >= 0.3 is 0 Å². The van der Waals surface area contributed by atoms with Crippen LogP contribution in [0.3, 0.4) is 0 Å². The van der Waals surface area contributed by atoms with Gasteiger partial charge in [0.2, 0.25) is 11.7 Å². The fraction of sp³-hybridized carbons (Fsp3) is 0.0870. The van der Waals surface area contributed by atoms with Gasteiger partial charge in [-0.1, -0.05) is 30.2 Å².